The van der Waals surface area contributed by atoms with Crippen LogP contribution < -0.4 is 0 Å². The summed E-state index contributed by atoms with van der Waals surface area (Å²) in [6, 6.07) is 7.31. The number of amides is 1. The lowest BCUT2D eigenvalue weighted by molar-refractivity contribution is -0.0810. The summed E-state index contributed by atoms with van der Waals surface area (Å²) >= 11 is 0. The van der Waals surface area contributed by atoms with E-state index in [9.17, 15) is 4.79 Å². The first-order chi connectivity index (χ1) is 12.6. The molecule has 1 aliphatic heterocycles. The molecule has 0 N–H and O–H groups in total. The summed E-state index contributed by atoms with van der Waals surface area (Å²) in [5.41, 5.74) is 1.23. The van der Waals surface area contributed by atoms with Gasteiger partial charge < -0.3 is 14.2 Å². The van der Waals surface area contributed by atoms with Crippen LogP contribution in [0, 0.1) is 6.92 Å². The van der Waals surface area contributed by atoms with Gasteiger partial charge in [0.15, 0.2) is 11.9 Å². The summed E-state index contributed by atoms with van der Waals surface area (Å²) in [7, 11) is 0. The second-order valence-electron chi connectivity index (χ2n) is 6.19. The van der Waals surface area contributed by atoms with Gasteiger partial charge in [-0.25, -0.2) is 4.68 Å². The van der Waals surface area contributed by atoms with Crippen molar-refractivity contribution in [2.24, 2.45) is 0 Å². The van der Waals surface area contributed by atoms with Gasteiger partial charge in [0.05, 0.1) is 36.3 Å². The summed E-state index contributed by atoms with van der Waals surface area (Å²) < 4.78 is 12.7. The highest BCUT2D eigenvalue weighted by Gasteiger charge is 2.33. The fourth-order valence-electron chi connectivity index (χ4n) is 3.06. The zero-order valence-corrected chi connectivity index (χ0v) is 14.4. The van der Waals surface area contributed by atoms with E-state index in [1.54, 1.807) is 35.0 Å². The first kappa shape index (κ1) is 16.4. The minimum Gasteiger partial charge on any atom is -0.362 e. The molecule has 3 aromatic rings. The maximum atomic E-state index is 13.2. The van der Waals surface area contributed by atoms with Gasteiger partial charge >= 0.3 is 0 Å². The summed E-state index contributed by atoms with van der Waals surface area (Å²) in [6.45, 7) is 4.49. The molecule has 2 aromatic heterocycles. The van der Waals surface area contributed by atoms with Gasteiger partial charge in [0.1, 0.15) is 0 Å². The molecule has 0 bridgehead atoms. The van der Waals surface area contributed by atoms with Crippen molar-refractivity contribution < 1.29 is 14.1 Å². The minimum absolute atomic E-state index is 0.104. The van der Waals surface area contributed by atoms with E-state index in [4.69, 9.17) is 9.26 Å². The van der Waals surface area contributed by atoms with Crippen molar-refractivity contribution in [2.45, 2.75) is 26.1 Å². The average molecular weight is 354 g/mol. The Labute approximate surface area is 149 Å². The van der Waals surface area contributed by atoms with Crippen LogP contribution in [0.1, 0.15) is 35.1 Å². The topological polar surface area (TPSA) is 99.2 Å². The average Bonchev–Trinajstić information content (AvgIpc) is 3.32. The maximum Gasteiger partial charge on any atom is 0.257 e. The third-order valence-corrected chi connectivity index (χ3v) is 4.17. The molecule has 1 aliphatic rings. The van der Waals surface area contributed by atoms with E-state index >= 15 is 0 Å². The molecule has 4 rings (SSSR count). The number of carbonyl (C=O) groups is 1. The highest BCUT2D eigenvalue weighted by molar-refractivity contribution is 5.97. The second-order valence-corrected chi connectivity index (χ2v) is 6.19. The molecule has 9 nitrogen and oxygen atoms in total. The molecule has 134 valence electrons. The number of ether oxygens (including phenoxy) is 1. The lowest BCUT2D eigenvalue weighted by Crippen LogP contribution is -2.46. The van der Waals surface area contributed by atoms with E-state index in [2.05, 4.69) is 20.5 Å². The van der Waals surface area contributed by atoms with E-state index < -0.39 is 6.10 Å². The van der Waals surface area contributed by atoms with Crippen LogP contribution >= 0.6 is 0 Å². The van der Waals surface area contributed by atoms with Crippen LogP contribution in [-0.2, 0) is 4.74 Å². The highest BCUT2D eigenvalue weighted by Crippen LogP contribution is 2.26. The predicted octanol–water partition coefficient (Wildman–Crippen LogP) is 1.56. The number of aryl methyl sites for hydroxylation is 1. The summed E-state index contributed by atoms with van der Waals surface area (Å²) in [4.78, 5) is 19.2. The van der Waals surface area contributed by atoms with E-state index in [-0.39, 0.29) is 12.0 Å². The molecule has 1 saturated heterocycles. The molecule has 26 heavy (non-hydrogen) atoms. The van der Waals surface area contributed by atoms with Crippen molar-refractivity contribution in [3.8, 4) is 5.69 Å². The number of rotatable bonds is 3. The molecule has 0 unspecified atom stereocenters. The third kappa shape index (κ3) is 3.08. The van der Waals surface area contributed by atoms with E-state index in [1.165, 1.54) is 0 Å². The van der Waals surface area contributed by atoms with Crippen LogP contribution in [0.4, 0.5) is 0 Å². The number of benzene rings is 1. The molecule has 3 heterocycles. The Kier molecular flexibility index (Phi) is 4.21. The fraction of sp³-hybridized carbons (Fsp3) is 0.353. The van der Waals surface area contributed by atoms with Gasteiger partial charge in [-0.05, 0) is 26.0 Å². The smallest absolute Gasteiger partial charge is 0.257 e. The van der Waals surface area contributed by atoms with E-state index in [0.29, 0.717) is 36.1 Å². The fourth-order valence-corrected chi connectivity index (χ4v) is 3.06. The Balaban J connectivity index is 1.62. The highest BCUT2D eigenvalue weighted by atomic mass is 16.5. The molecule has 0 spiro atoms. The van der Waals surface area contributed by atoms with Crippen LogP contribution in [-0.4, -0.2) is 55.1 Å². The molecule has 1 aromatic carbocycles. The monoisotopic (exact) mass is 354 g/mol. The lowest BCUT2D eigenvalue weighted by Gasteiger charge is -2.35. The van der Waals surface area contributed by atoms with E-state index in [0.717, 1.165) is 0 Å². The molecule has 1 amide bonds. The standard InChI is InChI=1S/C17H18N6O3/c1-11-9-22(10-15(25-11)16-19-12(2)20-26-16)17(24)13-5-3-4-6-14(13)23-8-7-18-21-23/h3-8,11,15H,9-10H2,1-2H3/t11-,15-/m1/s1. The van der Waals surface area contributed by atoms with Crippen molar-refractivity contribution in [3.05, 3.63) is 53.9 Å². The van der Waals surface area contributed by atoms with Crippen LogP contribution in [0.25, 0.3) is 5.69 Å². The van der Waals surface area contributed by atoms with Gasteiger partial charge in [0, 0.05) is 6.54 Å². The zero-order valence-electron chi connectivity index (χ0n) is 14.4. The number of morpholine rings is 1. The van der Waals surface area contributed by atoms with Gasteiger partial charge in [-0.2, -0.15) is 4.98 Å². The lowest BCUT2D eigenvalue weighted by atomic mass is 10.1. The molecule has 1 fully saturated rings. The molecular weight excluding hydrogens is 336 g/mol. The normalized spacial score (nSPS) is 20.3. The molecule has 0 radical (unpaired) electrons. The summed E-state index contributed by atoms with van der Waals surface area (Å²) in [6.07, 6.45) is 2.69. The molecule has 2 atom stereocenters. The van der Waals surface area contributed by atoms with Gasteiger partial charge in [-0.3, -0.25) is 4.79 Å². The summed E-state index contributed by atoms with van der Waals surface area (Å²) in [5, 5.41) is 11.6. The number of hydrogen-bond donors (Lipinski definition) is 0. The van der Waals surface area contributed by atoms with Crippen molar-refractivity contribution >= 4 is 5.91 Å². The minimum atomic E-state index is -0.442. The number of aromatic nitrogens is 5. The molecule has 9 heteroatoms. The zero-order chi connectivity index (χ0) is 18.1. The summed E-state index contributed by atoms with van der Waals surface area (Å²) in [5.74, 6) is 0.820. The SMILES string of the molecule is Cc1noc([C@H]2CN(C(=O)c3ccccc3-n3ccnn3)C[C@@H](C)O2)n1. The van der Waals surface area contributed by atoms with Gasteiger partial charge in [-0.15, -0.1) is 5.10 Å². The quantitative estimate of drug-likeness (QED) is 0.704. The number of carbonyl (C=O) groups excluding carboxylic acids is 1. The Morgan fingerprint density at radius 3 is 2.85 bits per heavy atom. The van der Waals surface area contributed by atoms with Crippen LogP contribution in [0.15, 0.2) is 41.2 Å². The van der Waals surface area contributed by atoms with Crippen molar-refractivity contribution in [1.29, 1.82) is 0 Å². The molecular formula is C17H18N6O3. The Hall–Kier alpha value is -3.07. The Bertz CT molecular complexity index is 907. The van der Waals surface area contributed by atoms with Crippen LogP contribution in [0.2, 0.25) is 0 Å². The molecule has 0 saturated carbocycles. The van der Waals surface area contributed by atoms with E-state index in [1.807, 2.05) is 25.1 Å². The Morgan fingerprint density at radius 1 is 1.27 bits per heavy atom. The van der Waals surface area contributed by atoms with Crippen LogP contribution in [0.5, 0.6) is 0 Å². The van der Waals surface area contributed by atoms with Crippen LogP contribution in [0.3, 0.4) is 0 Å². The van der Waals surface area contributed by atoms with Gasteiger partial charge in [0.25, 0.3) is 11.8 Å². The van der Waals surface area contributed by atoms with Crippen molar-refractivity contribution in [1.82, 2.24) is 30.0 Å². The second kappa shape index (κ2) is 6.68. The predicted molar refractivity (Wildman–Crippen MR) is 89.6 cm³/mol. The largest absolute Gasteiger partial charge is 0.362 e. The Morgan fingerprint density at radius 2 is 2.12 bits per heavy atom. The van der Waals surface area contributed by atoms with Crippen molar-refractivity contribution in [2.75, 3.05) is 13.1 Å². The van der Waals surface area contributed by atoms with Gasteiger partial charge in [-0.1, -0.05) is 22.5 Å². The number of para-hydroxylation sites is 1. The van der Waals surface area contributed by atoms with Crippen molar-refractivity contribution in [3.63, 3.8) is 0 Å². The first-order valence-electron chi connectivity index (χ1n) is 8.32. The first-order valence-corrected chi connectivity index (χ1v) is 8.32. The maximum absolute atomic E-state index is 13.2. The van der Waals surface area contributed by atoms with Gasteiger partial charge in [0.2, 0.25) is 0 Å². The number of hydrogen-bond acceptors (Lipinski definition) is 7. The number of nitrogens with zero attached hydrogens (tertiary/aromatic N) is 6. The molecule has 0 aliphatic carbocycles. The third-order valence-electron chi connectivity index (χ3n) is 4.17.